The number of rotatable bonds is 4. The van der Waals surface area contributed by atoms with Gasteiger partial charge >= 0.3 is 0 Å². The van der Waals surface area contributed by atoms with Crippen LogP contribution in [0.4, 0.5) is 0 Å². The van der Waals surface area contributed by atoms with Crippen LogP contribution in [-0.4, -0.2) is 12.5 Å². The fraction of sp³-hybridized carbons (Fsp3) is 0.182. The number of carbonyl (C=O) groups excluding carboxylic acids is 1. The lowest BCUT2D eigenvalue weighted by molar-refractivity contribution is -0.116. The maximum Gasteiger partial charge on any atom is 0.258 e. The van der Waals surface area contributed by atoms with E-state index in [1.165, 1.54) is 17.3 Å². The van der Waals surface area contributed by atoms with Crippen LogP contribution in [-0.2, 0) is 4.79 Å². The van der Waals surface area contributed by atoms with Gasteiger partial charge in [-0.15, -0.1) is 0 Å². The third-order valence-corrected chi connectivity index (χ3v) is 3.01. The number of carbonyl (C=O) groups is 1. The van der Waals surface area contributed by atoms with Gasteiger partial charge in [-0.2, -0.15) is 0 Å². The van der Waals surface area contributed by atoms with Gasteiger partial charge in [0.05, 0.1) is 4.91 Å². The van der Waals surface area contributed by atoms with Crippen LogP contribution in [0, 0.1) is 0 Å². The summed E-state index contributed by atoms with van der Waals surface area (Å²) in [5, 5.41) is 2.70. The van der Waals surface area contributed by atoms with Crippen molar-refractivity contribution in [2.75, 3.05) is 6.54 Å². The smallest absolute Gasteiger partial charge is 0.258 e. The molecule has 0 radical (unpaired) electrons. The highest BCUT2D eigenvalue weighted by atomic mass is 35.5. The van der Waals surface area contributed by atoms with E-state index in [-0.39, 0.29) is 5.91 Å². The molecule has 0 fully saturated rings. The zero-order valence-electron chi connectivity index (χ0n) is 8.37. The van der Waals surface area contributed by atoms with Crippen LogP contribution < -0.4 is 5.32 Å². The number of amides is 1. The predicted octanol–water partition coefficient (Wildman–Crippen LogP) is 3.00. The third-order valence-electron chi connectivity index (χ3n) is 1.63. The van der Waals surface area contributed by atoms with E-state index in [0.717, 1.165) is 4.90 Å². The monoisotopic (exact) mass is 241 g/mol. The third kappa shape index (κ3) is 3.98. The van der Waals surface area contributed by atoms with E-state index in [2.05, 4.69) is 5.32 Å². The molecule has 4 heteroatoms. The lowest BCUT2D eigenvalue weighted by atomic mass is 10.4. The van der Waals surface area contributed by atoms with E-state index in [1.807, 2.05) is 37.3 Å². The van der Waals surface area contributed by atoms with E-state index < -0.39 is 0 Å². The van der Waals surface area contributed by atoms with Gasteiger partial charge in [-0.3, -0.25) is 4.79 Å². The minimum absolute atomic E-state index is 0.138. The van der Waals surface area contributed by atoms with Crippen molar-refractivity contribution in [3.05, 3.63) is 40.8 Å². The molecular formula is C11H12ClNOS. The SMILES string of the molecule is CCNC(=O)/C(=C/Cl)Sc1ccccc1. The van der Waals surface area contributed by atoms with Crippen LogP contribution in [0.2, 0.25) is 0 Å². The van der Waals surface area contributed by atoms with E-state index in [1.54, 1.807) is 0 Å². The molecule has 0 aromatic heterocycles. The molecule has 0 saturated carbocycles. The summed E-state index contributed by atoms with van der Waals surface area (Å²) in [6.07, 6.45) is 0. The Hall–Kier alpha value is -0.930. The van der Waals surface area contributed by atoms with Crippen LogP contribution in [0.5, 0.6) is 0 Å². The molecule has 0 aliphatic heterocycles. The highest BCUT2D eigenvalue weighted by molar-refractivity contribution is 8.04. The number of likely N-dealkylation sites (N-methyl/N-ethyl adjacent to an activating group) is 1. The predicted molar refractivity (Wildman–Crippen MR) is 64.9 cm³/mol. The van der Waals surface area contributed by atoms with Crippen molar-refractivity contribution < 1.29 is 4.79 Å². The van der Waals surface area contributed by atoms with E-state index in [0.29, 0.717) is 11.4 Å². The normalized spacial score (nSPS) is 11.2. The minimum atomic E-state index is -0.138. The van der Waals surface area contributed by atoms with Gasteiger partial charge in [0.2, 0.25) is 0 Å². The molecule has 0 heterocycles. The Labute approximate surface area is 98.7 Å². The average molecular weight is 242 g/mol. The number of hydrogen-bond acceptors (Lipinski definition) is 2. The second kappa shape index (κ2) is 6.53. The molecule has 0 spiro atoms. The van der Waals surface area contributed by atoms with Crippen molar-refractivity contribution >= 4 is 29.3 Å². The molecule has 2 nitrogen and oxygen atoms in total. The van der Waals surface area contributed by atoms with Gasteiger partial charge in [0.1, 0.15) is 0 Å². The molecule has 0 atom stereocenters. The standard InChI is InChI=1S/C11H12ClNOS/c1-2-13-11(14)10(8-12)15-9-6-4-3-5-7-9/h3-8H,2H2,1H3,(H,13,14)/b10-8-. The number of thioether (sulfide) groups is 1. The van der Waals surface area contributed by atoms with Crippen molar-refractivity contribution in [1.29, 1.82) is 0 Å². The van der Waals surface area contributed by atoms with Crippen molar-refractivity contribution in [2.45, 2.75) is 11.8 Å². The first-order chi connectivity index (χ1) is 7.27. The van der Waals surface area contributed by atoms with Gasteiger partial charge < -0.3 is 5.32 Å². The first kappa shape index (κ1) is 12.1. The molecule has 0 unspecified atom stereocenters. The molecule has 1 rings (SSSR count). The van der Waals surface area contributed by atoms with Crippen LogP contribution >= 0.6 is 23.4 Å². The van der Waals surface area contributed by atoms with Gasteiger partial charge in [-0.1, -0.05) is 41.6 Å². The molecule has 1 aromatic rings. The summed E-state index contributed by atoms with van der Waals surface area (Å²) in [5.41, 5.74) is 1.31. The van der Waals surface area contributed by atoms with Gasteiger partial charge in [0, 0.05) is 17.0 Å². The van der Waals surface area contributed by atoms with Gasteiger partial charge in [0.25, 0.3) is 5.91 Å². The fourth-order valence-corrected chi connectivity index (χ4v) is 1.97. The highest BCUT2D eigenvalue weighted by Crippen LogP contribution is 2.26. The van der Waals surface area contributed by atoms with Crippen LogP contribution in [0.15, 0.2) is 45.7 Å². The van der Waals surface area contributed by atoms with Crippen molar-refractivity contribution in [3.63, 3.8) is 0 Å². The Morgan fingerprint density at radius 2 is 2.13 bits per heavy atom. The number of nitrogens with one attached hydrogen (secondary N) is 1. The largest absolute Gasteiger partial charge is 0.352 e. The highest BCUT2D eigenvalue weighted by Gasteiger charge is 2.09. The number of halogens is 1. The Morgan fingerprint density at radius 3 is 2.67 bits per heavy atom. The Morgan fingerprint density at radius 1 is 1.47 bits per heavy atom. The number of hydrogen-bond donors (Lipinski definition) is 1. The van der Waals surface area contributed by atoms with E-state index in [9.17, 15) is 4.79 Å². The average Bonchev–Trinajstić information content (AvgIpc) is 2.27. The zero-order chi connectivity index (χ0) is 11.1. The first-order valence-corrected chi connectivity index (χ1v) is 5.84. The summed E-state index contributed by atoms with van der Waals surface area (Å²) in [6, 6.07) is 9.65. The van der Waals surface area contributed by atoms with Crippen molar-refractivity contribution in [1.82, 2.24) is 5.32 Å². The second-order valence-electron chi connectivity index (χ2n) is 2.75. The number of benzene rings is 1. The van der Waals surface area contributed by atoms with Crippen LogP contribution in [0.1, 0.15) is 6.92 Å². The summed E-state index contributed by atoms with van der Waals surface area (Å²) < 4.78 is 0. The van der Waals surface area contributed by atoms with Crippen molar-refractivity contribution in [3.8, 4) is 0 Å². The summed E-state index contributed by atoms with van der Waals surface area (Å²) in [7, 11) is 0. The van der Waals surface area contributed by atoms with Gasteiger partial charge in [0.15, 0.2) is 0 Å². The molecule has 0 aliphatic rings. The molecule has 80 valence electrons. The van der Waals surface area contributed by atoms with E-state index >= 15 is 0 Å². The summed E-state index contributed by atoms with van der Waals surface area (Å²) >= 11 is 6.96. The molecule has 0 saturated heterocycles. The lowest BCUT2D eigenvalue weighted by Crippen LogP contribution is -2.23. The van der Waals surface area contributed by atoms with Crippen LogP contribution in [0.3, 0.4) is 0 Å². The molecule has 0 bridgehead atoms. The second-order valence-corrected chi connectivity index (χ2v) is 4.08. The fourth-order valence-electron chi connectivity index (χ4n) is 0.981. The first-order valence-electron chi connectivity index (χ1n) is 4.59. The van der Waals surface area contributed by atoms with E-state index in [4.69, 9.17) is 11.6 Å². The molecular weight excluding hydrogens is 230 g/mol. The molecule has 1 aromatic carbocycles. The Balaban J connectivity index is 2.67. The summed E-state index contributed by atoms with van der Waals surface area (Å²) in [6.45, 7) is 2.47. The summed E-state index contributed by atoms with van der Waals surface area (Å²) in [5.74, 6) is -0.138. The quantitative estimate of drug-likeness (QED) is 0.649. The maximum atomic E-state index is 11.5. The molecule has 1 N–H and O–H groups in total. The molecule has 1 amide bonds. The Bertz CT molecular complexity index is 351. The molecule has 15 heavy (non-hydrogen) atoms. The maximum absolute atomic E-state index is 11.5. The molecule has 0 aliphatic carbocycles. The minimum Gasteiger partial charge on any atom is -0.352 e. The van der Waals surface area contributed by atoms with Crippen molar-refractivity contribution in [2.24, 2.45) is 0 Å². The summed E-state index contributed by atoms with van der Waals surface area (Å²) in [4.78, 5) is 13.0. The van der Waals surface area contributed by atoms with Crippen LogP contribution in [0.25, 0.3) is 0 Å². The lowest BCUT2D eigenvalue weighted by Gasteiger charge is -2.05. The Kier molecular flexibility index (Phi) is 5.29. The van der Waals surface area contributed by atoms with Gasteiger partial charge in [-0.05, 0) is 19.1 Å². The topological polar surface area (TPSA) is 29.1 Å². The zero-order valence-corrected chi connectivity index (χ0v) is 9.94. The van der Waals surface area contributed by atoms with Gasteiger partial charge in [-0.25, -0.2) is 0 Å².